The number of sulfonamides is 1. The number of aryl methyl sites for hydroxylation is 1. The number of hydrogen-bond donors (Lipinski definition) is 1. The number of rotatable bonds is 7. The van der Waals surface area contributed by atoms with Gasteiger partial charge in [-0.15, -0.1) is 0 Å². The highest BCUT2D eigenvalue weighted by Crippen LogP contribution is 2.16. The van der Waals surface area contributed by atoms with E-state index in [1.54, 1.807) is 4.90 Å². The minimum atomic E-state index is -3.80. The van der Waals surface area contributed by atoms with Crippen LogP contribution in [-0.4, -0.2) is 48.0 Å². The highest BCUT2D eigenvalue weighted by Gasteiger charge is 2.21. The van der Waals surface area contributed by atoms with Gasteiger partial charge in [0.1, 0.15) is 6.54 Å². The van der Waals surface area contributed by atoms with Gasteiger partial charge in [0.15, 0.2) is 0 Å². The maximum Gasteiger partial charge on any atom is 0.331 e. The lowest BCUT2D eigenvalue weighted by Gasteiger charge is -2.21. The Hall–Kier alpha value is -2.46. The zero-order chi connectivity index (χ0) is 23.5. The summed E-state index contributed by atoms with van der Waals surface area (Å²) in [5.74, 6) is 0.0716. The number of carbonyl (C=O) groups excluding carboxylic acids is 1. The quantitative estimate of drug-likeness (QED) is 0.666. The molecule has 1 saturated heterocycles. The molecule has 0 radical (unpaired) electrons. The van der Waals surface area contributed by atoms with Crippen molar-refractivity contribution in [1.29, 1.82) is 0 Å². The van der Waals surface area contributed by atoms with Crippen LogP contribution in [-0.2, 0) is 28.4 Å². The van der Waals surface area contributed by atoms with Crippen molar-refractivity contribution in [2.45, 2.75) is 57.4 Å². The van der Waals surface area contributed by atoms with Gasteiger partial charge < -0.3 is 4.90 Å². The Morgan fingerprint density at radius 3 is 2.38 bits per heavy atom. The van der Waals surface area contributed by atoms with E-state index >= 15 is 0 Å². The van der Waals surface area contributed by atoms with Gasteiger partial charge in [-0.25, -0.2) is 17.9 Å². The molecule has 2 heterocycles. The maximum absolute atomic E-state index is 13.1. The zero-order valence-corrected chi connectivity index (χ0v) is 19.8. The number of aromatic nitrogens is 2. The topological polar surface area (TPSA) is 110 Å². The molecule has 0 bridgehead atoms. The van der Waals surface area contributed by atoms with Gasteiger partial charge in [0, 0.05) is 26.7 Å². The third-order valence-electron chi connectivity index (χ3n) is 5.90. The minimum Gasteiger partial charge on any atom is -0.341 e. The first-order valence-electron chi connectivity index (χ1n) is 11.1. The highest BCUT2D eigenvalue weighted by molar-refractivity contribution is 7.89. The molecule has 1 aromatic carbocycles. The number of nitrogens with one attached hydrogen (secondary N) is 1. The van der Waals surface area contributed by atoms with Crippen molar-refractivity contribution >= 4 is 26.8 Å². The molecular weight excluding hydrogens is 432 g/mol. The Morgan fingerprint density at radius 2 is 1.75 bits per heavy atom. The summed E-state index contributed by atoms with van der Waals surface area (Å²) < 4.78 is 30.1. The molecule has 1 aliphatic rings. The molecule has 0 atom stereocenters. The molecule has 1 N–H and O–H groups in total. The molecule has 1 amide bonds. The molecule has 1 aromatic heterocycles. The van der Waals surface area contributed by atoms with E-state index in [2.05, 4.69) is 4.72 Å². The van der Waals surface area contributed by atoms with Crippen molar-refractivity contribution in [3.05, 3.63) is 39.0 Å². The molecule has 1 aliphatic heterocycles. The van der Waals surface area contributed by atoms with Crippen LogP contribution in [0.25, 0.3) is 10.9 Å². The van der Waals surface area contributed by atoms with Gasteiger partial charge in [-0.1, -0.05) is 26.7 Å². The molecule has 9 nitrogen and oxygen atoms in total. The molecule has 32 heavy (non-hydrogen) atoms. The van der Waals surface area contributed by atoms with E-state index in [0.29, 0.717) is 37.5 Å². The van der Waals surface area contributed by atoms with E-state index in [1.807, 2.05) is 13.8 Å². The van der Waals surface area contributed by atoms with Gasteiger partial charge in [-0.2, -0.15) is 0 Å². The fourth-order valence-electron chi connectivity index (χ4n) is 3.92. The van der Waals surface area contributed by atoms with Gasteiger partial charge in [0.25, 0.3) is 5.56 Å². The average molecular weight is 465 g/mol. The second-order valence-electron chi connectivity index (χ2n) is 8.79. The fourth-order valence-corrected chi connectivity index (χ4v) is 5.00. The van der Waals surface area contributed by atoms with Crippen LogP contribution in [0.2, 0.25) is 0 Å². The van der Waals surface area contributed by atoms with Crippen LogP contribution in [0.4, 0.5) is 0 Å². The van der Waals surface area contributed by atoms with Gasteiger partial charge in [0.05, 0.1) is 15.8 Å². The number of carbonyl (C=O) groups is 1. The number of fused-ring (bicyclic) bond motifs is 1. The first kappa shape index (κ1) is 24.2. The molecule has 3 rings (SSSR count). The molecule has 0 unspecified atom stereocenters. The molecule has 1 fully saturated rings. The van der Waals surface area contributed by atoms with Crippen molar-refractivity contribution in [2.75, 3.05) is 19.6 Å². The normalized spacial score (nSPS) is 15.3. The smallest absolute Gasteiger partial charge is 0.331 e. The Labute approximate surface area is 188 Å². The Bertz CT molecular complexity index is 1210. The summed E-state index contributed by atoms with van der Waals surface area (Å²) in [6.07, 6.45) is 4.61. The minimum absolute atomic E-state index is 0.0464. The Kier molecular flexibility index (Phi) is 7.55. The van der Waals surface area contributed by atoms with Gasteiger partial charge in [0.2, 0.25) is 15.9 Å². The monoisotopic (exact) mass is 464 g/mol. The predicted octanol–water partition coefficient (Wildman–Crippen LogP) is 1.43. The third kappa shape index (κ3) is 5.29. The maximum atomic E-state index is 13.1. The molecule has 2 aromatic rings. The molecule has 0 saturated carbocycles. The summed E-state index contributed by atoms with van der Waals surface area (Å²) in [4.78, 5) is 40.4. The number of hydrogen-bond acceptors (Lipinski definition) is 5. The summed E-state index contributed by atoms with van der Waals surface area (Å²) in [5, 5.41) is 0.0856. The lowest BCUT2D eigenvalue weighted by Crippen LogP contribution is -2.44. The lowest BCUT2D eigenvalue weighted by molar-refractivity contribution is -0.131. The summed E-state index contributed by atoms with van der Waals surface area (Å²) >= 11 is 0. The third-order valence-corrected chi connectivity index (χ3v) is 7.36. The van der Waals surface area contributed by atoms with E-state index in [-0.39, 0.29) is 22.7 Å². The van der Waals surface area contributed by atoms with Crippen molar-refractivity contribution in [2.24, 2.45) is 13.0 Å². The van der Waals surface area contributed by atoms with Crippen LogP contribution >= 0.6 is 0 Å². The fraction of sp³-hybridized carbons (Fsp3) is 0.591. The van der Waals surface area contributed by atoms with Gasteiger partial charge in [-0.05, 0) is 43.4 Å². The van der Waals surface area contributed by atoms with E-state index in [4.69, 9.17) is 0 Å². The molecule has 10 heteroatoms. The largest absolute Gasteiger partial charge is 0.341 e. The van der Waals surface area contributed by atoms with E-state index < -0.39 is 21.3 Å². The van der Waals surface area contributed by atoms with Crippen molar-refractivity contribution in [1.82, 2.24) is 18.8 Å². The van der Waals surface area contributed by atoms with Gasteiger partial charge in [-0.3, -0.25) is 18.7 Å². The summed E-state index contributed by atoms with van der Waals surface area (Å²) in [6, 6.07) is 4.11. The SMILES string of the molecule is CC(C)CCNS(=O)(=O)c1ccc2c(c1)c(=O)n(CC(=O)N1CCCCCC1)c(=O)n2C. The average Bonchev–Trinajstić information content (AvgIpc) is 3.04. The zero-order valence-electron chi connectivity index (χ0n) is 19.0. The second-order valence-corrected chi connectivity index (χ2v) is 10.6. The van der Waals surface area contributed by atoms with Crippen molar-refractivity contribution < 1.29 is 13.2 Å². The predicted molar refractivity (Wildman–Crippen MR) is 123 cm³/mol. The second kappa shape index (κ2) is 9.99. The van der Waals surface area contributed by atoms with Crippen LogP contribution in [0.1, 0.15) is 46.0 Å². The first-order valence-corrected chi connectivity index (χ1v) is 12.6. The lowest BCUT2D eigenvalue weighted by atomic mass is 10.1. The Morgan fingerprint density at radius 1 is 1.09 bits per heavy atom. The number of likely N-dealkylation sites (tertiary alicyclic amines) is 1. The van der Waals surface area contributed by atoms with E-state index in [0.717, 1.165) is 30.3 Å². The summed E-state index contributed by atoms with van der Waals surface area (Å²) in [6.45, 7) is 5.17. The van der Waals surface area contributed by atoms with Crippen LogP contribution in [0, 0.1) is 5.92 Å². The van der Waals surface area contributed by atoms with Crippen LogP contribution in [0.15, 0.2) is 32.7 Å². The van der Waals surface area contributed by atoms with E-state index in [9.17, 15) is 22.8 Å². The molecule has 0 aliphatic carbocycles. The van der Waals surface area contributed by atoms with Gasteiger partial charge >= 0.3 is 5.69 Å². The highest BCUT2D eigenvalue weighted by atomic mass is 32.2. The number of benzene rings is 1. The van der Waals surface area contributed by atoms with E-state index in [1.165, 1.54) is 29.8 Å². The van der Waals surface area contributed by atoms with Crippen molar-refractivity contribution in [3.63, 3.8) is 0 Å². The first-order chi connectivity index (χ1) is 15.1. The van der Waals surface area contributed by atoms with Crippen LogP contribution < -0.4 is 16.0 Å². The standard InChI is InChI=1S/C22H32N4O5S/c1-16(2)10-11-23-32(30,31)17-8-9-19-18(14-17)21(28)26(22(29)24(19)3)15-20(27)25-12-6-4-5-7-13-25/h8-9,14,16,23H,4-7,10-13,15H2,1-3H3. The van der Waals surface area contributed by atoms with Crippen molar-refractivity contribution in [3.8, 4) is 0 Å². The summed E-state index contributed by atoms with van der Waals surface area (Å²) in [7, 11) is -2.30. The molecule has 176 valence electrons. The summed E-state index contributed by atoms with van der Waals surface area (Å²) in [5.41, 5.74) is -0.943. The van der Waals surface area contributed by atoms with Crippen LogP contribution in [0.3, 0.4) is 0 Å². The van der Waals surface area contributed by atoms with Crippen LogP contribution in [0.5, 0.6) is 0 Å². The number of nitrogens with zero attached hydrogens (tertiary/aromatic N) is 3. The molecular formula is C22H32N4O5S. The molecule has 0 spiro atoms. The number of amides is 1. The Balaban J connectivity index is 1.97.